The van der Waals surface area contributed by atoms with Crippen LogP contribution < -0.4 is 5.32 Å². The van der Waals surface area contributed by atoms with Gasteiger partial charge in [0.25, 0.3) is 0 Å². The Morgan fingerprint density at radius 3 is 2.43 bits per heavy atom. The van der Waals surface area contributed by atoms with Crippen molar-refractivity contribution in [3.8, 4) is 0 Å². The van der Waals surface area contributed by atoms with Gasteiger partial charge in [0.05, 0.1) is 6.10 Å². The predicted molar refractivity (Wildman–Crippen MR) is 89.6 cm³/mol. The van der Waals surface area contributed by atoms with Crippen LogP contribution in [0.2, 0.25) is 0 Å². The zero-order valence-corrected chi connectivity index (χ0v) is 13.6. The van der Waals surface area contributed by atoms with E-state index in [2.05, 4.69) is 43.4 Å². The highest BCUT2D eigenvalue weighted by Gasteiger charge is 2.18. The highest BCUT2D eigenvalue weighted by atomic mass is 16.3. The fourth-order valence-electron chi connectivity index (χ4n) is 3.31. The van der Waals surface area contributed by atoms with Gasteiger partial charge < -0.3 is 10.4 Å². The third kappa shape index (κ3) is 4.82. The van der Waals surface area contributed by atoms with Gasteiger partial charge in [0.1, 0.15) is 0 Å². The lowest BCUT2D eigenvalue weighted by molar-refractivity contribution is 0.136. The smallest absolute Gasteiger partial charge is 0.0940 e. The third-order valence-electron chi connectivity index (χ3n) is 4.82. The summed E-state index contributed by atoms with van der Waals surface area (Å²) in [4.78, 5) is 0. The van der Waals surface area contributed by atoms with Gasteiger partial charge in [-0.3, -0.25) is 0 Å². The molecule has 1 aromatic rings. The van der Waals surface area contributed by atoms with Gasteiger partial charge in [0, 0.05) is 6.04 Å². The van der Waals surface area contributed by atoms with Crippen molar-refractivity contribution in [2.75, 3.05) is 6.54 Å². The lowest BCUT2D eigenvalue weighted by atomic mass is 9.83. The molecule has 0 amide bonds. The average molecular weight is 289 g/mol. The minimum Gasteiger partial charge on any atom is -0.387 e. The number of aliphatic hydroxyl groups is 1. The first-order valence-electron chi connectivity index (χ1n) is 8.73. The SMILES string of the molecule is CCCCNC(C)C(O)c1ccc(C2CCCCC2)cc1. The van der Waals surface area contributed by atoms with E-state index in [-0.39, 0.29) is 6.04 Å². The van der Waals surface area contributed by atoms with E-state index in [9.17, 15) is 5.11 Å². The number of aliphatic hydroxyl groups excluding tert-OH is 1. The van der Waals surface area contributed by atoms with Crippen molar-refractivity contribution in [1.29, 1.82) is 0 Å². The van der Waals surface area contributed by atoms with Crippen LogP contribution in [0, 0.1) is 0 Å². The van der Waals surface area contributed by atoms with Crippen LogP contribution in [0.3, 0.4) is 0 Å². The molecule has 21 heavy (non-hydrogen) atoms. The van der Waals surface area contributed by atoms with E-state index in [1.807, 2.05) is 0 Å². The van der Waals surface area contributed by atoms with Crippen molar-refractivity contribution in [1.82, 2.24) is 5.32 Å². The third-order valence-corrected chi connectivity index (χ3v) is 4.82. The first kappa shape index (κ1) is 16.5. The van der Waals surface area contributed by atoms with Crippen LogP contribution in [-0.2, 0) is 0 Å². The van der Waals surface area contributed by atoms with Crippen LogP contribution in [-0.4, -0.2) is 17.7 Å². The van der Waals surface area contributed by atoms with Gasteiger partial charge in [-0.1, -0.05) is 56.9 Å². The Kier molecular flexibility index (Phi) is 6.72. The molecule has 0 radical (unpaired) electrons. The van der Waals surface area contributed by atoms with Crippen LogP contribution >= 0.6 is 0 Å². The summed E-state index contributed by atoms with van der Waals surface area (Å²) in [6.45, 7) is 5.23. The Labute approximate surface area is 130 Å². The maximum absolute atomic E-state index is 10.4. The van der Waals surface area contributed by atoms with Crippen molar-refractivity contribution in [2.45, 2.75) is 76.9 Å². The summed E-state index contributed by atoms with van der Waals surface area (Å²) in [5.41, 5.74) is 2.49. The highest BCUT2D eigenvalue weighted by molar-refractivity contribution is 5.27. The summed E-state index contributed by atoms with van der Waals surface area (Å²) in [6, 6.07) is 8.80. The number of hydrogen-bond donors (Lipinski definition) is 2. The second-order valence-corrected chi connectivity index (χ2v) is 6.54. The van der Waals surface area contributed by atoms with Crippen molar-refractivity contribution >= 4 is 0 Å². The molecule has 2 atom stereocenters. The van der Waals surface area contributed by atoms with E-state index in [0.717, 1.165) is 24.4 Å². The van der Waals surface area contributed by atoms with Gasteiger partial charge in [0.15, 0.2) is 0 Å². The van der Waals surface area contributed by atoms with Crippen molar-refractivity contribution in [3.05, 3.63) is 35.4 Å². The molecule has 2 unspecified atom stereocenters. The second-order valence-electron chi connectivity index (χ2n) is 6.54. The van der Waals surface area contributed by atoms with E-state index in [1.165, 1.54) is 44.1 Å². The molecule has 1 fully saturated rings. The lowest BCUT2D eigenvalue weighted by Crippen LogP contribution is -2.32. The number of benzene rings is 1. The molecule has 0 bridgehead atoms. The van der Waals surface area contributed by atoms with Gasteiger partial charge in [-0.25, -0.2) is 0 Å². The molecule has 1 aromatic carbocycles. The molecule has 1 aliphatic rings. The van der Waals surface area contributed by atoms with Gasteiger partial charge in [-0.15, -0.1) is 0 Å². The standard InChI is InChI=1S/C19H31NO/c1-3-4-14-20-15(2)19(21)18-12-10-17(11-13-18)16-8-6-5-7-9-16/h10-13,15-16,19-21H,3-9,14H2,1-2H3. The topological polar surface area (TPSA) is 32.3 Å². The molecule has 0 aliphatic heterocycles. The maximum Gasteiger partial charge on any atom is 0.0940 e. The molecule has 1 aliphatic carbocycles. The molecular weight excluding hydrogens is 258 g/mol. The molecule has 2 rings (SSSR count). The largest absolute Gasteiger partial charge is 0.387 e. The van der Waals surface area contributed by atoms with Gasteiger partial charge in [0.2, 0.25) is 0 Å². The quantitative estimate of drug-likeness (QED) is 0.722. The van der Waals surface area contributed by atoms with E-state index >= 15 is 0 Å². The Morgan fingerprint density at radius 2 is 1.81 bits per heavy atom. The fourth-order valence-corrected chi connectivity index (χ4v) is 3.31. The molecule has 0 spiro atoms. The monoisotopic (exact) mass is 289 g/mol. The molecular formula is C19H31NO. The Balaban J connectivity index is 1.91. The normalized spacial score (nSPS) is 19.4. The fraction of sp³-hybridized carbons (Fsp3) is 0.684. The molecule has 2 N–H and O–H groups in total. The van der Waals surface area contributed by atoms with E-state index in [4.69, 9.17) is 0 Å². The van der Waals surface area contributed by atoms with Gasteiger partial charge >= 0.3 is 0 Å². The van der Waals surface area contributed by atoms with Gasteiger partial charge in [-0.2, -0.15) is 0 Å². The molecule has 1 saturated carbocycles. The summed E-state index contributed by atoms with van der Waals surface area (Å²) in [6.07, 6.45) is 8.73. The van der Waals surface area contributed by atoms with Crippen LogP contribution in [0.15, 0.2) is 24.3 Å². The van der Waals surface area contributed by atoms with Crippen molar-refractivity contribution in [2.24, 2.45) is 0 Å². The average Bonchev–Trinajstić information content (AvgIpc) is 2.55. The minimum absolute atomic E-state index is 0.108. The number of hydrogen-bond acceptors (Lipinski definition) is 2. The number of unbranched alkanes of at least 4 members (excludes halogenated alkanes) is 1. The lowest BCUT2D eigenvalue weighted by Gasteiger charge is -2.24. The highest BCUT2D eigenvalue weighted by Crippen LogP contribution is 2.33. The molecule has 2 nitrogen and oxygen atoms in total. The molecule has 0 heterocycles. The first-order valence-corrected chi connectivity index (χ1v) is 8.73. The van der Waals surface area contributed by atoms with Crippen LogP contribution in [0.25, 0.3) is 0 Å². The van der Waals surface area contributed by atoms with Crippen LogP contribution in [0.4, 0.5) is 0 Å². The molecule has 0 saturated heterocycles. The summed E-state index contributed by atoms with van der Waals surface area (Å²) >= 11 is 0. The van der Waals surface area contributed by atoms with Crippen LogP contribution in [0.1, 0.15) is 81.9 Å². The Hall–Kier alpha value is -0.860. The summed E-state index contributed by atoms with van der Waals surface area (Å²) in [5.74, 6) is 0.741. The minimum atomic E-state index is -0.415. The summed E-state index contributed by atoms with van der Waals surface area (Å²) < 4.78 is 0. The Morgan fingerprint density at radius 1 is 1.14 bits per heavy atom. The molecule has 2 heteroatoms. The van der Waals surface area contributed by atoms with E-state index < -0.39 is 6.10 Å². The zero-order chi connectivity index (χ0) is 15.1. The molecule has 118 valence electrons. The number of rotatable bonds is 7. The molecule has 0 aromatic heterocycles. The second kappa shape index (κ2) is 8.55. The predicted octanol–water partition coefficient (Wildman–Crippen LogP) is 4.55. The summed E-state index contributed by atoms with van der Waals surface area (Å²) in [5, 5.41) is 13.8. The van der Waals surface area contributed by atoms with Gasteiger partial charge in [-0.05, 0) is 49.8 Å². The van der Waals surface area contributed by atoms with Crippen molar-refractivity contribution < 1.29 is 5.11 Å². The number of nitrogens with one attached hydrogen (secondary N) is 1. The summed E-state index contributed by atoms with van der Waals surface area (Å²) in [7, 11) is 0. The first-order chi connectivity index (χ1) is 10.2. The zero-order valence-electron chi connectivity index (χ0n) is 13.6. The van der Waals surface area contributed by atoms with Crippen molar-refractivity contribution in [3.63, 3.8) is 0 Å². The maximum atomic E-state index is 10.4. The van der Waals surface area contributed by atoms with Crippen LogP contribution in [0.5, 0.6) is 0 Å². The Bertz CT molecular complexity index is 395. The van der Waals surface area contributed by atoms with E-state index in [1.54, 1.807) is 0 Å². The van der Waals surface area contributed by atoms with E-state index in [0.29, 0.717) is 0 Å².